The Morgan fingerprint density at radius 1 is 1.53 bits per heavy atom. The monoisotopic (exact) mass is 267 g/mol. The summed E-state index contributed by atoms with van der Waals surface area (Å²) >= 11 is 0. The second-order valence-corrected chi connectivity index (χ2v) is 4.42. The van der Waals surface area contributed by atoms with Gasteiger partial charge in [0.05, 0.1) is 12.6 Å². The summed E-state index contributed by atoms with van der Waals surface area (Å²) in [5.74, 6) is -3.27. The third-order valence-electron chi connectivity index (χ3n) is 3.11. The predicted octanol–water partition coefficient (Wildman–Crippen LogP) is 1.49. The molecule has 2 atom stereocenters. The van der Waals surface area contributed by atoms with Gasteiger partial charge in [0.25, 0.3) is 0 Å². The molecule has 0 spiro atoms. The minimum absolute atomic E-state index is 0.127. The molecule has 0 saturated heterocycles. The highest BCUT2D eigenvalue weighted by atomic mass is 19.1. The zero-order valence-corrected chi connectivity index (χ0v) is 10.4. The van der Waals surface area contributed by atoms with E-state index in [9.17, 15) is 14.0 Å². The van der Waals surface area contributed by atoms with E-state index in [1.807, 2.05) is 0 Å². The number of hydrogen-bond donors (Lipinski definition) is 2. The Kier molecular flexibility index (Phi) is 3.69. The second kappa shape index (κ2) is 5.26. The fourth-order valence-electron chi connectivity index (χ4n) is 1.95. The van der Waals surface area contributed by atoms with E-state index in [2.05, 4.69) is 5.32 Å². The van der Waals surface area contributed by atoms with Crippen LogP contribution in [0.5, 0.6) is 5.75 Å². The predicted molar refractivity (Wildman–Crippen MR) is 64.2 cm³/mol. The summed E-state index contributed by atoms with van der Waals surface area (Å²) in [5.41, 5.74) is 0.539. The molecule has 102 valence electrons. The minimum Gasteiger partial charge on any atom is -0.490 e. The van der Waals surface area contributed by atoms with Crippen molar-refractivity contribution in [2.24, 2.45) is 5.92 Å². The standard InChI is InChI=1S/C13H14FNO4/c1-7(13(17)18)12(16)15-10-5-6-19-11-8(10)3-2-4-9(11)14/h2-4,7,10H,5-6H2,1H3,(H,15,16)(H,17,18)/t7?,10-/m0/s1. The average Bonchev–Trinajstić information content (AvgIpc) is 2.39. The molecule has 0 bridgehead atoms. The van der Waals surface area contributed by atoms with E-state index in [1.54, 1.807) is 6.07 Å². The van der Waals surface area contributed by atoms with Crippen LogP contribution in [0.4, 0.5) is 4.39 Å². The molecule has 1 amide bonds. The molecule has 0 radical (unpaired) electrons. The number of fused-ring (bicyclic) bond motifs is 1. The lowest BCUT2D eigenvalue weighted by molar-refractivity contribution is -0.146. The van der Waals surface area contributed by atoms with Crippen molar-refractivity contribution in [3.05, 3.63) is 29.6 Å². The van der Waals surface area contributed by atoms with Gasteiger partial charge in [-0.3, -0.25) is 9.59 Å². The Labute approximate surface area is 109 Å². The average molecular weight is 267 g/mol. The Morgan fingerprint density at radius 3 is 2.95 bits per heavy atom. The fourth-order valence-corrected chi connectivity index (χ4v) is 1.95. The maximum Gasteiger partial charge on any atom is 0.315 e. The van der Waals surface area contributed by atoms with Crippen LogP contribution >= 0.6 is 0 Å². The SMILES string of the molecule is CC(C(=O)O)C(=O)N[C@H]1CCOc2c(F)cccc21. The van der Waals surface area contributed by atoms with Crippen LogP contribution in [0.15, 0.2) is 18.2 Å². The molecular weight excluding hydrogens is 253 g/mol. The van der Waals surface area contributed by atoms with Crippen molar-refractivity contribution >= 4 is 11.9 Å². The molecule has 2 rings (SSSR count). The lowest BCUT2D eigenvalue weighted by atomic mass is 9.99. The van der Waals surface area contributed by atoms with Crippen LogP contribution in [0, 0.1) is 11.7 Å². The molecule has 0 saturated carbocycles. The van der Waals surface area contributed by atoms with Gasteiger partial charge in [0.1, 0.15) is 5.92 Å². The number of carbonyl (C=O) groups is 2. The van der Waals surface area contributed by atoms with E-state index < -0.39 is 29.7 Å². The number of carboxylic acids is 1. The summed E-state index contributed by atoms with van der Waals surface area (Å²) in [7, 11) is 0. The Bertz CT molecular complexity index is 517. The number of amides is 1. The second-order valence-electron chi connectivity index (χ2n) is 4.42. The highest BCUT2D eigenvalue weighted by Crippen LogP contribution is 2.34. The minimum atomic E-state index is -1.19. The molecule has 6 heteroatoms. The number of halogens is 1. The van der Waals surface area contributed by atoms with E-state index in [1.165, 1.54) is 19.1 Å². The lowest BCUT2D eigenvalue weighted by Gasteiger charge is -2.27. The third-order valence-corrected chi connectivity index (χ3v) is 3.11. The molecule has 1 heterocycles. The molecule has 5 nitrogen and oxygen atoms in total. The first-order valence-electron chi connectivity index (χ1n) is 5.95. The van der Waals surface area contributed by atoms with Crippen molar-refractivity contribution in [2.45, 2.75) is 19.4 Å². The first kappa shape index (κ1) is 13.3. The summed E-state index contributed by atoms with van der Waals surface area (Å²) < 4.78 is 18.8. The molecule has 0 aliphatic carbocycles. The van der Waals surface area contributed by atoms with Crippen molar-refractivity contribution in [3.63, 3.8) is 0 Å². The molecule has 19 heavy (non-hydrogen) atoms. The summed E-state index contributed by atoms with van der Waals surface area (Å²) in [4.78, 5) is 22.5. The number of para-hydroxylation sites is 1. The molecule has 2 N–H and O–H groups in total. The number of rotatable bonds is 3. The van der Waals surface area contributed by atoms with Crippen LogP contribution in [0.2, 0.25) is 0 Å². The number of benzene rings is 1. The smallest absolute Gasteiger partial charge is 0.315 e. The van der Waals surface area contributed by atoms with Crippen LogP contribution < -0.4 is 10.1 Å². The summed E-state index contributed by atoms with van der Waals surface area (Å²) in [6, 6.07) is 4.05. The van der Waals surface area contributed by atoms with Gasteiger partial charge in [0, 0.05) is 12.0 Å². The van der Waals surface area contributed by atoms with E-state index in [4.69, 9.17) is 9.84 Å². The Hall–Kier alpha value is -2.11. The van der Waals surface area contributed by atoms with Crippen molar-refractivity contribution in [3.8, 4) is 5.75 Å². The molecule has 0 aromatic heterocycles. The molecule has 1 unspecified atom stereocenters. The van der Waals surface area contributed by atoms with Crippen LogP contribution in [0.3, 0.4) is 0 Å². The Morgan fingerprint density at radius 2 is 2.26 bits per heavy atom. The van der Waals surface area contributed by atoms with Crippen LogP contribution in [0.1, 0.15) is 24.9 Å². The van der Waals surface area contributed by atoms with E-state index in [0.29, 0.717) is 12.0 Å². The summed E-state index contributed by atoms with van der Waals surface area (Å²) in [6.07, 6.45) is 0.481. The van der Waals surface area contributed by atoms with Crippen LogP contribution in [-0.2, 0) is 9.59 Å². The van der Waals surface area contributed by atoms with Gasteiger partial charge >= 0.3 is 5.97 Å². The molecular formula is C13H14FNO4. The van der Waals surface area contributed by atoms with E-state index in [0.717, 1.165) is 0 Å². The van der Waals surface area contributed by atoms with Gasteiger partial charge in [-0.2, -0.15) is 0 Å². The highest BCUT2D eigenvalue weighted by Gasteiger charge is 2.28. The third kappa shape index (κ3) is 2.67. The Balaban J connectivity index is 2.18. The number of carboxylic acid groups (broad SMARTS) is 1. The van der Waals surface area contributed by atoms with Gasteiger partial charge < -0.3 is 15.2 Å². The maximum absolute atomic E-state index is 13.5. The summed E-state index contributed by atoms with van der Waals surface area (Å²) in [5, 5.41) is 11.4. The van der Waals surface area contributed by atoms with Crippen molar-refractivity contribution in [2.75, 3.05) is 6.61 Å². The molecule has 1 aliphatic rings. The maximum atomic E-state index is 13.5. The topological polar surface area (TPSA) is 75.6 Å². The van der Waals surface area contributed by atoms with Crippen LogP contribution in [0.25, 0.3) is 0 Å². The lowest BCUT2D eigenvalue weighted by Crippen LogP contribution is -2.38. The molecule has 1 aromatic carbocycles. The van der Waals surface area contributed by atoms with Gasteiger partial charge in [-0.1, -0.05) is 12.1 Å². The number of hydrogen-bond acceptors (Lipinski definition) is 3. The molecule has 1 aromatic rings. The number of aliphatic carboxylic acids is 1. The highest BCUT2D eigenvalue weighted by molar-refractivity contribution is 5.96. The number of carbonyl (C=O) groups excluding carboxylic acids is 1. The first-order valence-corrected chi connectivity index (χ1v) is 5.95. The van der Waals surface area contributed by atoms with Gasteiger partial charge in [0.2, 0.25) is 5.91 Å². The van der Waals surface area contributed by atoms with Crippen molar-refractivity contribution < 1.29 is 23.8 Å². The fraction of sp³-hybridized carbons (Fsp3) is 0.385. The zero-order chi connectivity index (χ0) is 14.0. The van der Waals surface area contributed by atoms with Gasteiger partial charge in [-0.15, -0.1) is 0 Å². The number of ether oxygens (including phenoxy) is 1. The normalized spacial score (nSPS) is 18.9. The first-order chi connectivity index (χ1) is 9.00. The van der Waals surface area contributed by atoms with Gasteiger partial charge in [-0.25, -0.2) is 4.39 Å². The molecule has 1 aliphatic heterocycles. The quantitative estimate of drug-likeness (QED) is 0.813. The zero-order valence-electron chi connectivity index (χ0n) is 10.4. The largest absolute Gasteiger partial charge is 0.490 e. The molecule has 0 fully saturated rings. The van der Waals surface area contributed by atoms with Gasteiger partial charge in [0.15, 0.2) is 11.6 Å². The summed E-state index contributed by atoms with van der Waals surface area (Å²) in [6.45, 7) is 1.59. The van der Waals surface area contributed by atoms with Crippen molar-refractivity contribution in [1.29, 1.82) is 0 Å². The van der Waals surface area contributed by atoms with Crippen molar-refractivity contribution in [1.82, 2.24) is 5.32 Å². The van der Waals surface area contributed by atoms with Gasteiger partial charge in [-0.05, 0) is 13.0 Å². The number of nitrogens with one attached hydrogen (secondary N) is 1. The van der Waals surface area contributed by atoms with E-state index in [-0.39, 0.29) is 12.4 Å². The van der Waals surface area contributed by atoms with Crippen LogP contribution in [-0.4, -0.2) is 23.6 Å². The van der Waals surface area contributed by atoms with E-state index >= 15 is 0 Å².